The fourth-order valence-electron chi connectivity index (χ4n) is 0.609. The smallest absolute Gasteiger partial charge is 0.411 e. The van der Waals surface area contributed by atoms with E-state index in [2.05, 4.69) is 0 Å². The highest BCUT2D eigenvalue weighted by molar-refractivity contribution is 5.66. The summed E-state index contributed by atoms with van der Waals surface area (Å²) in [5, 5.41) is 15.8. The van der Waals surface area contributed by atoms with Crippen LogP contribution in [-0.2, 0) is 4.79 Å². The van der Waals surface area contributed by atoms with Gasteiger partial charge >= 0.3 is 6.09 Å². The summed E-state index contributed by atoms with van der Waals surface area (Å²) >= 11 is 0. The minimum absolute atomic E-state index is 0.464. The van der Waals surface area contributed by atoms with Crippen molar-refractivity contribution in [3.05, 3.63) is 24.4 Å². The number of nitrogens with zero attached hydrogens (tertiary/aromatic N) is 1. The summed E-state index contributed by atoms with van der Waals surface area (Å²) in [6.45, 7) is 1.55. The van der Waals surface area contributed by atoms with E-state index in [0.717, 1.165) is 6.92 Å². The molecule has 0 aromatic carbocycles. The third kappa shape index (κ3) is 6.61. The first-order valence-electron chi connectivity index (χ1n) is 3.56. The SMILES string of the molecule is CC(=O)O.O=C(O)N1C=CC=CC1. The number of allylic oxidation sites excluding steroid dienone is 2. The van der Waals surface area contributed by atoms with Crippen LogP contribution in [0.15, 0.2) is 24.4 Å². The fraction of sp³-hybridized carbons (Fsp3) is 0.250. The summed E-state index contributed by atoms with van der Waals surface area (Å²) in [5.74, 6) is -0.833. The Balaban J connectivity index is 0.000000310. The van der Waals surface area contributed by atoms with Gasteiger partial charge in [-0.3, -0.25) is 9.69 Å². The molecule has 0 unspecified atom stereocenters. The highest BCUT2D eigenvalue weighted by Crippen LogP contribution is 1.97. The van der Waals surface area contributed by atoms with Crippen molar-refractivity contribution in [2.75, 3.05) is 6.54 Å². The summed E-state index contributed by atoms with van der Waals surface area (Å²) in [7, 11) is 0. The van der Waals surface area contributed by atoms with E-state index >= 15 is 0 Å². The van der Waals surface area contributed by atoms with Gasteiger partial charge in [0.15, 0.2) is 0 Å². The Morgan fingerprint density at radius 1 is 1.31 bits per heavy atom. The lowest BCUT2D eigenvalue weighted by Crippen LogP contribution is -2.24. The monoisotopic (exact) mass is 185 g/mol. The maximum absolute atomic E-state index is 10.2. The summed E-state index contributed by atoms with van der Waals surface area (Å²) in [5.41, 5.74) is 0. The molecule has 1 heterocycles. The van der Waals surface area contributed by atoms with Gasteiger partial charge in [0.25, 0.3) is 5.97 Å². The zero-order chi connectivity index (χ0) is 10.3. The number of carboxylic acids is 1. The van der Waals surface area contributed by atoms with Crippen molar-refractivity contribution < 1.29 is 19.8 Å². The maximum Gasteiger partial charge on any atom is 0.411 e. The van der Waals surface area contributed by atoms with Gasteiger partial charge in [-0.15, -0.1) is 0 Å². The molecule has 0 aromatic heterocycles. The third-order valence-corrected chi connectivity index (χ3v) is 1.06. The molecule has 0 saturated carbocycles. The number of hydrogen-bond acceptors (Lipinski definition) is 2. The molecule has 0 saturated heterocycles. The number of amides is 1. The minimum Gasteiger partial charge on any atom is -0.481 e. The first-order valence-corrected chi connectivity index (χ1v) is 3.56. The molecule has 0 radical (unpaired) electrons. The largest absolute Gasteiger partial charge is 0.481 e. The van der Waals surface area contributed by atoms with Crippen LogP contribution >= 0.6 is 0 Å². The Morgan fingerprint density at radius 2 is 1.85 bits per heavy atom. The predicted octanol–water partition coefficient (Wildman–Crippen LogP) is 1.14. The van der Waals surface area contributed by atoms with E-state index in [9.17, 15) is 4.79 Å². The number of hydrogen-bond donors (Lipinski definition) is 2. The van der Waals surface area contributed by atoms with Gasteiger partial charge in [-0.1, -0.05) is 12.2 Å². The molecule has 1 aliphatic rings. The lowest BCUT2D eigenvalue weighted by Gasteiger charge is -2.12. The van der Waals surface area contributed by atoms with Crippen molar-refractivity contribution in [1.82, 2.24) is 4.90 Å². The van der Waals surface area contributed by atoms with Crippen molar-refractivity contribution in [3.63, 3.8) is 0 Å². The first kappa shape index (κ1) is 11.2. The molecule has 0 spiro atoms. The standard InChI is InChI=1S/C6H7NO2.C2H4O2/c8-6(9)7-4-2-1-3-5-7;1-2(3)4/h1-4H,5H2,(H,8,9);1H3,(H,3,4). The second-order valence-corrected chi connectivity index (χ2v) is 2.22. The zero-order valence-corrected chi connectivity index (χ0v) is 7.17. The highest BCUT2D eigenvalue weighted by Gasteiger charge is 2.05. The number of rotatable bonds is 0. The number of carboxylic acid groups (broad SMARTS) is 2. The van der Waals surface area contributed by atoms with Crippen molar-refractivity contribution >= 4 is 12.1 Å². The van der Waals surface area contributed by atoms with Crippen molar-refractivity contribution in [3.8, 4) is 0 Å². The van der Waals surface area contributed by atoms with Crippen LogP contribution in [0.2, 0.25) is 0 Å². The van der Waals surface area contributed by atoms with Crippen LogP contribution in [-0.4, -0.2) is 33.7 Å². The topological polar surface area (TPSA) is 77.8 Å². The van der Waals surface area contributed by atoms with Gasteiger partial charge in [-0.25, -0.2) is 4.79 Å². The molecule has 13 heavy (non-hydrogen) atoms. The van der Waals surface area contributed by atoms with Crippen LogP contribution in [0.1, 0.15) is 6.92 Å². The summed E-state index contributed by atoms with van der Waals surface area (Å²) < 4.78 is 0. The molecular formula is C8H11NO4. The number of carbonyl (C=O) groups is 2. The molecule has 2 N–H and O–H groups in total. The van der Waals surface area contributed by atoms with Crippen LogP contribution in [0.5, 0.6) is 0 Å². The Kier molecular flexibility index (Phi) is 5.02. The maximum atomic E-state index is 10.2. The minimum atomic E-state index is -0.907. The van der Waals surface area contributed by atoms with Gasteiger partial charge in [0.05, 0.1) is 0 Å². The fourth-order valence-corrected chi connectivity index (χ4v) is 0.609. The van der Waals surface area contributed by atoms with Crippen LogP contribution in [0.25, 0.3) is 0 Å². The van der Waals surface area contributed by atoms with Crippen molar-refractivity contribution in [2.24, 2.45) is 0 Å². The van der Waals surface area contributed by atoms with E-state index in [-0.39, 0.29) is 0 Å². The van der Waals surface area contributed by atoms with E-state index in [1.165, 1.54) is 11.1 Å². The number of aliphatic carboxylic acids is 1. The molecule has 5 heteroatoms. The van der Waals surface area contributed by atoms with Gasteiger partial charge in [0.1, 0.15) is 0 Å². The molecule has 0 aliphatic carbocycles. The average Bonchev–Trinajstić information content (AvgIpc) is 2.05. The van der Waals surface area contributed by atoms with Gasteiger partial charge in [0.2, 0.25) is 0 Å². The van der Waals surface area contributed by atoms with Gasteiger partial charge in [0, 0.05) is 19.7 Å². The molecule has 0 atom stereocenters. The average molecular weight is 185 g/mol. The van der Waals surface area contributed by atoms with Gasteiger partial charge < -0.3 is 10.2 Å². The predicted molar refractivity (Wildman–Crippen MR) is 46.3 cm³/mol. The van der Waals surface area contributed by atoms with Crippen LogP contribution in [0, 0.1) is 0 Å². The van der Waals surface area contributed by atoms with Crippen molar-refractivity contribution in [1.29, 1.82) is 0 Å². The van der Waals surface area contributed by atoms with Crippen LogP contribution in [0.3, 0.4) is 0 Å². The first-order chi connectivity index (χ1) is 6.04. The second-order valence-electron chi connectivity index (χ2n) is 2.22. The quantitative estimate of drug-likeness (QED) is 0.593. The normalized spacial score (nSPS) is 13.2. The molecule has 0 fully saturated rings. The van der Waals surface area contributed by atoms with Crippen LogP contribution < -0.4 is 0 Å². The van der Waals surface area contributed by atoms with Gasteiger partial charge in [-0.2, -0.15) is 0 Å². The lowest BCUT2D eigenvalue weighted by atomic mass is 10.4. The Labute approximate surface area is 75.6 Å². The zero-order valence-electron chi connectivity index (χ0n) is 7.17. The molecular weight excluding hydrogens is 174 g/mol. The third-order valence-electron chi connectivity index (χ3n) is 1.06. The summed E-state index contributed by atoms with van der Waals surface area (Å²) in [6.07, 6.45) is 5.92. The summed E-state index contributed by atoms with van der Waals surface area (Å²) in [4.78, 5) is 20.4. The van der Waals surface area contributed by atoms with E-state index in [4.69, 9.17) is 15.0 Å². The molecule has 0 aromatic rings. The second kappa shape index (κ2) is 5.82. The highest BCUT2D eigenvalue weighted by atomic mass is 16.4. The Hall–Kier alpha value is -1.78. The van der Waals surface area contributed by atoms with E-state index < -0.39 is 12.1 Å². The summed E-state index contributed by atoms with van der Waals surface area (Å²) in [6, 6.07) is 0. The molecule has 1 aliphatic heterocycles. The van der Waals surface area contributed by atoms with Crippen LogP contribution in [0.4, 0.5) is 4.79 Å². The van der Waals surface area contributed by atoms with E-state index in [1.807, 2.05) is 6.08 Å². The van der Waals surface area contributed by atoms with E-state index in [0.29, 0.717) is 6.54 Å². The Morgan fingerprint density at radius 3 is 2.08 bits per heavy atom. The molecule has 72 valence electrons. The van der Waals surface area contributed by atoms with Crippen molar-refractivity contribution in [2.45, 2.75) is 6.92 Å². The molecule has 1 rings (SSSR count). The van der Waals surface area contributed by atoms with Gasteiger partial charge in [-0.05, 0) is 6.08 Å². The van der Waals surface area contributed by atoms with E-state index in [1.54, 1.807) is 12.2 Å². The lowest BCUT2D eigenvalue weighted by molar-refractivity contribution is -0.134. The molecule has 0 bridgehead atoms. The molecule has 1 amide bonds. The molecule has 5 nitrogen and oxygen atoms in total. The Bertz CT molecular complexity index is 241.